The van der Waals surface area contributed by atoms with Crippen molar-refractivity contribution < 1.29 is 0 Å². The van der Waals surface area contributed by atoms with E-state index in [2.05, 4.69) is 59.4 Å². The molecule has 1 aliphatic heterocycles. The molecule has 0 unspecified atom stereocenters. The number of aliphatic imine (C=N–C) groups is 1. The van der Waals surface area contributed by atoms with Crippen LogP contribution in [0.4, 0.5) is 11.4 Å². The Morgan fingerprint density at radius 3 is 2.57 bits per heavy atom. The number of nitrogens with zero attached hydrogens (tertiary/aromatic N) is 2. The molecule has 0 radical (unpaired) electrons. The molecule has 0 saturated heterocycles. The Bertz CT molecular complexity index is 913. The molecule has 0 aromatic heterocycles. The molecular weight excluding hydrogens is 300 g/mol. The van der Waals surface area contributed by atoms with E-state index >= 15 is 0 Å². The first-order valence-electron chi connectivity index (χ1n) is 7.56. The van der Waals surface area contributed by atoms with E-state index in [0.29, 0.717) is 0 Å². The second-order valence-electron chi connectivity index (χ2n) is 5.41. The first kappa shape index (κ1) is 14.1. The Morgan fingerprint density at radius 1 is 0.913 bits per heavy atom. The van der Waals surface area contributed by atoms with Gasteiger partial charge in [-0.25, -0.2) is 0 Å². The highest BCUT2D eigenvalue weighted by atomic mass is 32.2. The minimum atomic E-state index is 0.970. The number of fused-ring (bicyclic) bond motifs is 3. The fourth-order valence-electron chi connectivity index (χ4n) is 2.80. The van der Waals surface area contributed by atoms with Gasteiger partial charge in [-0.05, 0) is 29.7 Å². The van der Waals surface area contributed by atoms with Crippen molar-refractivity contribution in [1.29, 1.82) is 0 Å². The van der Waals surface area contributed by atoms with Crippen LogP contribution in [0.15, 0.2) is 87.7 Å². The standard InChI is InChI=1S/C20H16N2S/c1-22-19(13-14-21-16-8-3-2-4-9-16)23-18-12-11-15-7-5-6-10-17(15)20(18)22/h2-14H,1H3/b19-13+,21-14?. The van der Waals surface area contributed by atoms with Crippen molar-refractivity contribution >= 4 is 40.1 Å². The van der Waals surface area contributed by atoms with Crippen LogP contribution in [0, 0.1) is 0 Å². The quantitative estimate of drug-likeness (QED) is 0.570. The average Bonchev–Trinajstić information content (AvgIpc) is 2.92. The van der Waals surface area contributed by atoms with Crippen molar-refractivity contribution in [3.8, 4) is 0 Å². The SMILES string of the molecule is CN1/C(=C\C=Nc2ccccc2)Sc2ccc3ccccc3c21. The predicted molar refractivity (Wildman–Crippen MR) is 101 cm³/mol. The lowest BCUT2D eigenvalue weighted by Crippen LogP contribution is -2.10. The lowest BCUT2D eigenvalue weighted by molar-refractivity contribution is 1.19. The fraction of sp³-hybridized carbons (Fsp3) is 0.0500. The van der Waals surface area contributed by atoms with E-state index in [9.17, 15) is 0 Å². The van der Waals surface area contributed by atoms with Crippen LogP contribution in [-0.4, -0.2) is 13.3 Å². The molecule has 3 aromatic rings. The van der Waals surface area contributed by atoms with Crippen LogP contribution in [0.5, 0.6) is 0 Å². The number of rotatable bonds is 2. The maximum Gasteiger partial charge on any atom is 0.0814 e. The van der Waals surface area contributed by atoms with Crippen LogP contribution in [0.2, 0.25) is 0 Å². The molecule has 0 aliphatic carbocycles. The Hall–Kier alpha value is -2.52. The molecule has 0 spiro atoms. The number of anilines is 1. The molecule has 4 rings (SSSR count). The smallest absolute Gasteiger partial charge is 0.0814 e. The molecule has 3 aromatic carbocycles. The predicted octanol–water partition coefficient (Wildman–Crippen LogP) is 5.63. The first-order chi connectivity index (χ1) is 11.3. The van der Waals surface area contributed by atoms with Gasteiger partial charge in [0.1, 0.15) is 0 Å². The van der Waals surface area contributed by atoms with Crippen LogP contribution < -0.4 is 4.90 Å². The van der Waals surface area contributed by atoms with Crippen LogP contribution in [0.25, 0.3) is 10.8 Å². The van der Waals surface area contributed by atoms with Crippen molar-refractivity contribution in [2.45, 2.75) is 4.90 Å². The normalized spacial score (nSPS) is 15.7. The molecule has 23 heavy (non-hydrogen) atoms. The minimum absolute atomic E-state index is 0.970. The zero-order chi connectivity index (χ0) is 15.6. The maximum atomic E-state index is 4.49. The minimum Gasteiger partial charge on any atom is -0.338 e. The van der Waals surface area contributed by atoms with Gasteiger partial charge in [0.05, 0.1) is 16.4 Å². The van der Waals surface area contributed by atoms with Crippen molar-refractivity contribution in [1.82, 2.24) is 0 Å². The summed E-state index contributed by atoms with van der Waals surface area (Å²) in [6.45, 7) is 0. The zero-order valence-corrected chi connectivity index (χ0v) is 13.6. The summed E-state index contributed by atoms with van der Waals surface area (Å²) in [5, 5.41) is 3.76. The summed E-state index contributed by atoms with van der Waals surface area (Å²) in [6.07, 6.45) is 3.95. The average molecular weight is 316 g/mol. The summed E-state index contributed by atoms with van der Waals surface area (Å²) in [5.41, 5.74) is 2.26. The molecule has 1 aliphatic rings. The number of benzene rings is 3. The van der Waals surface area contributed by atoms with Crippen LogP contribution in [0.3, 0.4) is 0 Å². The Balaban J connectivity index is 1.67. The lowest BCUT2D eigenvalue weighted by Gasteiger charge is -2.15. The van der Waals surface area contributed by atoms with Crippen molar-refractivity contribution in [3.63, 3.8) is 0 Å². The summed E-state index contributed by atoms with van der Waals surface area (Å²) in [4.78, 5) is 8.03. The Labute approximate surface area is 140 Å². The van der Waals surface area contributed by atoms with E-state index in [-0.39, 0.29) is 0 Å². The Kier molecular flexibility index (Phi) is 3.64. The molecule has 112 valence electrons. The van der Waals surface area contributed by atoms with E-state index in [1.54, 1.807) is 11.8 Å². The molecule has 3 heteroatoms. The van der Waals surface area contributed by atoms with Crippen molar-refractivity contribution in [3.05, 3.63) is 77.8 Å². The molecule has 0 N–H and O–H groups in total. The second kappa shape index (κ2) is 5.94. The highest BCUT2D eigenvalue weighted by molar-refractivity contribution is 8.03. The largest absolute Gasteiger partial charge is 0.338 e. The summed E-state index contributed by atoms with van der Waals surface area (Å²) < 4.78 is 0. The number of para-hydroxylation sites is 1. The molecule has 0 atom stereocenters. The van der Waals surface area contributed by atoms with E-state index in [1.165, 1.54) is 26.4 Å². The van der Waals surface area contributed by atoms with Gasteiger partial charge in [-0.1, -0.05) is 60.3 Å². The number of thioether (sulfide) groups is 1. The van der Waals surface area contributed by atoms with Gasteiger partial charge in [-0.15, -0.1) is 0 Å². The summed E-state index contributed by atoms with van der Waals surface area (Å²) in [7, 11) is 2.12. The van der Waals surface area contributed by atoms with Crippen molar-refractivity contribution in [2.75, 3.05) is 11.9 Å². The van der Waals surface area contributed by atoms with Gasteiger partial charge in [0.25, 0.3) is 0 Å². The third kappa shape index (κ3) is 2.64. The maximum absolute atomic E-state index is 4.49. The fourth-order valence-corrected chi connectivity index (χ4v) is 3.86. The topological polar surface area (TPSA) is 15.6 Å². The molecule has 2 nitrogen and oxygen atoms in total. The molecule has 0 amide bonds. The number of allylic oxidation sites excluding steroid dienone is 1. The zero-order valence-electron chi connectivity index (χ0n) is 12.8. The van der Waals surface area contributed by atoms with E-state index < -0.39 is 0 Å². The molecule has 0 bridgehead atoms. The number of hydrogen-bond acceptors (Lipinski definition) is 3. The van der Waals surface area contributed by atoms with Gasteiger partial charge in [0.2, 0.25) is 0 Å². The second-order valence-corrected chi connectivity index (χ2v) is 6.48. The van der Waals surface area contributed by atoms with Gasteiger partial charge >= 0.3 is 0 Å². The van der Waals surface area contributed by atoms with Crippen LogP contribution >= 0.6 is 11.8 Å². The van der Waals surface area contributed by atoms with E-state index in [1.807, 2.05) is 36.5 Å². The molecule has 0 fully saturated rings. The molecule has 1 heterocycles. The van der Waals surface area contributed by atoms with Gasteiger partial charge < -0.3 is 4.90 Å². The van der Waals surface area contributed by atoms with Gasteiger partial charge in [-0.3, -0.25) is 4.99 Å². The third-order valence-corrected chi connectivity index (χ3v) is 5.11. The monoisotopic (exact) mass is 316 g/mol. The van der Waals surface area contributed by atoms with Gasteiger partial charge in [0, 0.05) is 23.5 Å². The van der Waals surface area contributed by atoms with E-state index in [4.69, 9.17) is 0 Å². The first-order valence-corrected chi connectivity index (χ1v) is 8.37. The Morgan fingerprint density at radius 2 is 1.70 bits per heavy atom. The third-order valence-electron chi connectivity index (χ3n) is 3.94. The van der Waals surface area contributed by atoms with Crippen LogP contribution in [-0.2, 0) is 0 Å². The highest BCUT2D eigenvalue weighted by Crippen LogP contribution is 2.48. The molecular formula is C20H16N2S. The van der Waals surface area contributed by atoms with Crippen LogP contribution in [0.1, 0.15) is 0 Å². The summed E-state index contributed by atoms with van der Waals surface area (Å²) in [6, 6.07) is 22.9. The summed E-state index contributed by atoms with van der Waals surface area (Å²) in [5.74, 6) is 0. The summed E-state index contributed by atoms with van der Waals surface area (Å²) >= 11 is 1.79. The van der Waals surface area contributed by atoms with Gasteiger partial charge in [0.15, 0.2) is 0 Å². The highest BCUT2D eigenvalue weighted by Gasteiger charge is 2.23. The van der Waals surface area contributed by atoms with E-state index in [0.717, 1.165) is 5.69 Å². The van der Waals surface area contributed by atoms with Gasteiger partial charge in [-0.2, -0.15) is 0 Å². The number of hydrogen-bond donors (Lipinski definition) is 0. The molecule has 0 saturated carbocycles. The van der Waals surface area contributed by atoms with Crippen molar-refractivity contribution in [2.24, 2.45) is 4.99 Å². The lowest BCUT2D eigenvalue weighted by atomic mass is 10.1.